The highest BCUT2D eigenvalue weighted by Gasteiger charge is 2.45. The number of amides is 1. The van der Waals surface area contributed by atoms with Crippen LogP contribution in [0.15, 0.2) is 12.1 Å². The fourth-order valence-electron chi connectivity index (χ4n) is 2.00. The van der Waals surface area contributed by atoms with Gasteiger partial charge in [-0.1, -0.05) is 11.6 Å². The first-order valence-corrected chi connectivity index (χ1v) is 5.41. The molecule has 5 nitrogen and oxygen atoms in total. The largest absolute Gasteiger partial charge is 0.378 e. The van der Waals surface area contributed by atoms with E-state index >= 15 is 0 Å². The highest BCUT2D eigenvalue weighted by Crippen LogP contribution is 2.34. The normalized spacial score (nSPS) is 27.4. The Balaban J connectivity index is 2.02. The number of hydrogen-bond acceptors (Lipinski definition) is 4. The number of nitrogens with zero attached hydrogens (tertiary/aromatic N) is 1. The van der Waals surface area contributed by atoms with E-state index in [-0.39, 0.29) is 5.91 Å². The summed E-state index contributed by atoms with van der Waals surface area (Å²) in [6.45, 7) is 0.947. The van der Waals surface area contributed by atoms with Gasteiger partial charge in [0.15, 0.2) is 5.82 Å². The molecule has 84 valence electrons. The van der Waals surface area contributed by atoms with Crippen LogP contribution in [0, 0.1) is 0 Å². The number of fused-ring (bicyclic) bond motifs is 1. The first-order chi connectivity index (χ1) is 7.70. The SMILES string of the molecule is O=C1Nc2ccc(Cl)nc2NC12CCOC2. The summed E-state index contributed by atoms with van der Waals surface area (Å²) in [4.78, 5) is 16.1. The smallest absolute Gasteiger partial charge is 0.252 e. The van der Waals surface area contributed by atoms with Gasteiger partial charge in [0.2, 0.25) is 0 Å². The summed E-state index contributed by atoms with van der Waals surface area (Å²) in [5, 5.41) is 6.35. The van der Waals surface area contributed by atoms with E-state index in [0.29, 0.717) is 36.3 Å². The molecule has 1 aromatic heterocycles. The molecule has 16 heavy (non-hydrogen) atoms. The molecule has 2 aliphatic rings. The molecule has 1 unspecified atom stereocenters. The standard InChI is InChI=1S/C10H10ClN3O2/c11-7-2-1-6-8(13-7)14-10(9(15)12-6)3-4-16-5-10/h1-2H,3-5H2,(H,12,15)(H,13,14). The number of nitrogens with one attached hydrogen (secondary N) is 2. The Morgan fingerprint density at radius 3 is 3.12 bits per heavy atom. The second-order valence-electron chi connectivity index (χ2n) is 3.99. The number of rotatable bonds is 0. The summed E-state index contributed by atoms with van der Waals surface area (Å²) in [6, 6.07) is 3.38. The van der Waals surface area contributed by atoms with Crippen LogP contribution in [0.5, 0.6) is 0 Å². The Bertz CT molecular complexity index is 457. The topological polar surface area (TPSA) is 63.2 Å². The van der Waals surface area contributed by atoms with Crippen molar-refractivity contribution < 1.29 is 9.53 Å². The van der Waals surface area contributed by atoms with Gasteiger partial charge in [0.25, 0.3) is 5.91 Å². The van der Waals surface area contributed by atoms with E-state index in [2.05, 4.69) is 15.6 Å². The van der Waals surface area contributed by atoms with Crippen LogP contribution in [0.25, 0.3) is 0 Å². The number of pyridine rings is 1. The van der Waals surface area contributed by atoms with Crippen molar-refractivity contribution in [1.82, 2.24) is 4.98 Å². The molecule has 1 fully saturated rings. The monoisotopic (exact) mass is 239 g/mol. The lowest BCUT2D eigenvalue weighted by molar-refractivity contribution is -0.120. The molecule has 0 aliphatic carbocycles. The van der Waals surface area contributed by atoms with Gasteiger partial charge < -0.3 is 15.4 Å². The molecule has 0 saturated carbocycles. The Labute approximate surface area is 97.1 Å². The minimum atomic E-state index is -0.676. The van der Waals surface area contributed by atoms with Crippen LogP contribution in [-0.4, -0.2) is 29.6 Å². The van der Waals surface area contributed by atoms with E-state index < -0.39 is 5.54 Å². The Morgan fingerprint density at radius 2 is 2.38 bits per heavy atom. The van der Waals surface area contributed by atoms with Gasteiger partial charge in [-0.15, -0.1) is 0 Å². The summed E-state index contributed by atoms with van der Waals surface area (Å²) in [5.74, 6) is 0.541. The van der Waals surface area contributed by atoms with E-state index in [0.717, 1.165) is 0 Å². The third-order valence-corrected chi connectivity index (χ3v) is 3.13. The highest BCUT2D eigenvalue weighted by atomic mass is 35.5. The van der Waals surface area contributed by atoms with Crippen LogP contribution < -0.4 is 10.6 Å². The maximum Gasteiger partial charge on any atom is 0.252 e. The minimum Gasteiger partial charge on any atom is -0.378 e. The van der Waals surface area contributed by atoms with Gasteiger partial charge in [0.1, 0.15) is 10.7 Å². The van der Waals surface area contributed by atoms with Crippen molar-refractivity contribution in [3.63, 3.8) is 0 Å². The molecular formula is C10H10ClN3O2. The molecule has 1 saturated heterocycles. The lowest BCUT2D eigenvalue weighted by atomic mass is 9.95. The molecule has 0 radical (unpaired) electrons. The zero-order chi connectivity index (χ0) is 11.2. The molecule has 1 amide bonds. The first kappa shape index (κ1) is 9.86. The van der Waals surface area contributed by atoms with Crippen molar-refractivity contribution in [1.29, 1.82) is 0 Å². The summed E-state index contributed by atoms with van der Waals surface area (Å²) in [7, 11) is 0. The van der Waals surface area contributed by atoms with Crippen molar-refractivity contribution in [2.45, 2.75) is 12.0 Å². The van der Waals surface area contributed by atoms with Crippen LogP contribution in [-0.2, 0) is 9.53 Å². The highest BCUT2D eigenvalue weighted by molar-refractivity contribution is 6.29. The van der Waals surface area contributed by atoms with Crippen LogP contribution in [0.2, 0.25) is 5.15 Å². The molecule has 2 N–H and O–H groups in total. The minimum absolute atomic E-state index is 0.0679. The number of hydrogen-bond donors (Lipinski definition) is 2. The number of aromatic nitrogens is 1. The second kappa shape index (κ2) is 3.33. The molecule has 6 heteroatoms. The average Bonchev–Trinajstić information content (AvgIpc) is 2.70. The molecular weight excluding hydrogens is 230 g/mol. The van der Waals surface area contributed by atoms with E-state index in [9.17, 15) is 4.79 Å². The van der Waals surface area contributed by atoms with Crippen LogP contribution in [0.3, 0.4) is 0 Å². The number of halogens is 1. The molecule has 0 bridgehead atoms. The fraction of sp³-hybridized carbons (Fsp3) is 0.400. The molecule has 1 aromatic rings. The van der Waals surface area contributed by atoms with Crippen molar-refractivity contribution in [3.8, 4) is 0 Å². The van der Waals surface area contributed by atoms with Gasteiger partial charge in [0.05, 0.1) is 12.3 Å². The van der Waals surface area contributed by atoms with Gasteiger partial charge in [-0.2, -0.15) is 0 Å². The fourth-order valence-corrected chi connectivity index (χ4v) is 2.15. The quantitative estimate of drug-likeness (QED) is 0.669. The van der Waals surface area contributed by atoms with Crippen LogP contribution in [0.4, 0.5) is 11.5 Å². The van der Waals surface area contributed by atoms with Gasteiger partial charge in [-0.05, 0) is 12.1 Å². The number of anilines is 2. The summed E-state index contributed by atoms with van der Waals surface area (Å²) < 4.78 is 5.27. The summed E-state index contributed by atoms with van der Waals surface area (Å²) in [6.07, 6.45) is 0.645. The maximum atomic E-state index is 12.0. The van der Waals surface area contributed by atoms with Gasteiger partial charge >= 0.3 is 0 Å². The molecule has 1 atom stereocenters. The first-order valence-electron chi connectivity index (χ1n) is 5.04. The van der Waals surface area contributed by atoms with Gasteiger partial charge in [-0.25, -0.2) is 4.98 Å². The Hall–Kier alpha value is -1.33. The zero-order valence-electron chi connectivity index (χ0n) is 8.42. The zero-order valence-corrected chi connectivity index (χ0v) is 9.17. The maximum absolute atomic E-state index is 12.0. The third-order valence-electron chi connectivity index (χ3n) is 2.92. The van der Waals surface area contributed by atoms with Crippen molar-refractivity contribution in [3.05, 3.63) is 17.3 Å². The average molecular weight is 240 g/mol. The second-order valence-corrected chi connectivity index (χ2v) is 4.38. The summed E-state index contributed by atoms with van der Waals surface area (Å²) >= 11 is 5.81. The van der Waals surface area contributed by atoms with Crippen molar-refractivity contribution in [2.24, 2.45) is 0 Å². The third kappa shape index (κ3) is 1.36. The summed E-state index contributed by atoms with van der Waals surface area (Å²) in [5.41, 5.74) is -0.0167. The predicted octanol–water partition coefficient (Wildman–Crippen LogP) is 1.26. The van der Waals surface area contributed by atoms with Gasteiger partial charge in [-0.3, -0.25) is 4.79 Å². The lowest BCUT2D eigenvalue weighted by Gasteiger charge is -2.33. The number of ether oxygens (including phenoxy) is 1. The van der Waals surface area contributed by atoms with Crippen molar-refractivity contribution in [2.75, 3.05) is 23.8 Å². The van der Waals surface area contributed by atoms with E-state index in [4.69, 9.17) is 16.3 Å². The van der Waals surface area contributed by atoms with Crippen LogP contribution >= 0.6 is 11.6 Å². The van der Waals surface area contributed by atoms with E-state index in [1.807, 2.05) is 0 Å². The molecule has 3 heterocycles. The van der Waals surface area contributed by atoms with Gasteiger partial charge in [0, 0.05) is 13.0 Å². The van der Waals surface area contributed by atoms with E-state index in [1.165, 1.54) is 0 Å². The lowest BCUT2D eigenvalue weighted by Crippen LogP contribution is -2.53. The van der Waals surface area contributed by atoms with E-state index in [1.54, 1.807) is 12.1 Å². The number of carbonyl (C=O) groups is 1. The van der Waals surface area contributed by atoms with Crippen LogP contribution in [0.1, 0.15) is 6.42 Å². The molecule has 2 aliphatic heterocycles. The number of carbonyl (C=O) groups excluding carboxylic acids is 1. The Morgan fingerprint density at radius 1 is 1.50 bits per heavy atom. The predicted molar refractivity (Wildman–Crippen MR) is 59.7 cm³/mol. The van der Waals surface area contributed by atoms with Crippen molar-refractivity contribution >= 4 is 29.0 Å². The molecule has 1 spiro atoms. The molecule has 0 aromatic carbocycles. The molecule has 3 rings (SSSR count). The Kier molecular flexibility index (Phi) is 2.05.